The first-order valence-corrected chi connectivity index (χ1v) is 6.49. The van der Waals surface area contributed by atoms with E-state index in [-0.39, 0.29) is 6.04 Å². The van der Waals surface area contributed by atoms with E-state index in [9.17, 15) is 0 Å². The molecule has 0 spiro atoms. The number of nitrogens with one attached hydrogen (secondary N) is 2. The summed E-state index contributed by atoms with van der Waals surface area (Å²) < 4.78 is 5.75. The van der Waals surface area contributed by atoms with Crippen LogP contribution in [0.3, 0.4) is 0 Å². The summed E-state index contributed by atoms with van der Waals surface area (Å²) in [6.45, 7) is 2.85. The van der Waals surface area contributed by atoms with Crippen LogP contribution < -0.4 is 5.32 Å². The monoisotopic (exact) mass is 269 g/mol. The van der Waals surface area contributed by atoms with Gasteiger partial charge in [0.2, 0.25) is 5.89 Å². The molecule has 3 rings (SSSR count). The van der Waals surface area contributed by atoms with Crippen molar-refractivity contribution in [3.63, 3.8) is 0 Å². The second-order valence-electron chi connectivity index (χ2n) is 4.33. The molecule has 0 aliphatic heterocycles. The van der Waals surface area contributed by atoms with Crippen molar-refractivity contribution < 1.29 is 4.42 Å². The lowest BCUT2D eigenvalue weighted by Crippen LogP contribution is -2.22. The summed E-state index contributed by atoms with van der Waals surface area (Å²) in [5, 5.41) is 18.2. The highest BCUT2D eigenvalue weighted by molar-refractivity contribution is 5.48. The highest BCUT2D eigenvalue weighted by atomic mass is 16.4. The Bertz CT molecular complexity index is 647. The van der Waals surface area contributed by atoms with Crippen molar-refractivity contribution in [3.8, 4) is 11.5 Å². The second kappa shape index (κ2) is 5.66. The molecule has 20 heavy (non-hydrogen) atoms. The maximum Gasteiger partial charge on any atom is 0.251 e. The van der Waals surface area contributed by atoms with Gasteiger partial charge in [-0.3, -0.25) is 5.10 Å². The summed E-state index contributed by atoms with van der Waals surface area (Å²) in [7, 11) is 0. The zero-order valence-electron chi connectivity index (χ0n) is 11.1. The van der Waals surface area contributed by atoms with E-state index in [1.54, 1.807) is 12.4 Å². The molecule has 0 amide bonds. The number of benzene rings is 1. The smallest absolute Gasteiger partial charge is 0.251 e. The number of nitrogens with zero attached hydrogens (tertiary/aromatic N) is 3. The Morgan fingerprint density at radius 1 is 1.25 bits per heavy atom. The molecule has 0 bridgehead atoms. The van der Waals surface area contributed by atoms with Gasteiger partial charge in [0.05, 0.1) is 11.8 Å². The van der Waals surface area contributed by atoms with E-state index in [1.807, 2.05) is 37.3 Å². The van der Waals surface area contributed by atoms with Crippen LogP contribution in [0, 0.1) is 0 Å². The van der Waals surface area contributed by atoms with Crippen molar-refractivity contribution in [2.75, 3.05) is 6.54 Å². The molecule has 1 unspecified atom stereocenters. The average Bonchev–Trinajstić information content (AvgIpc) is 3.16. The van der Waals surface area contributed by atoms with Crippen molar-refractivity contribution in [2.45, 2.75) is 13.0 Å². The van der Waals surface area contributed by atoms with Crippen LogP contribution in [0.1, 0.15) is 24.4 Å². The van der Waals surface area contributed by atoms with Crippen molar-refractivity contribution in [2.24, 2.45) is 0 Å². The molecule has 0 saturated carbocycles. The maximum atomic E-state index is 5.75. The van der Waals surface area contributed by atoms with Crippen molar-refractivity contribution >= 4 is 0 Å². The lowest BCUT2D eigenvalue weighted by Gasteiger charge is -2.13. The predicted octanol–water partition coefficient (Wildman–Crippen LogP) is 2.16. The normalized spacial score (nSPS) is 12.4. The van der Waals surface area contributed by atoms with Gasteiger partial charge in [0.25, 0.3) is 5.89 Å². The third-order valence-electron chi connectivity index (χ3n) is 2.97. The molecule has 1 atom stereocenters. The van der Waals surface area contributed by atoms with Gasteiger partial charge >= 0.3 is 0 Å². The van der Waals surface area contributed by atoms with Crippen LogP contribution in [0.4, 0.5) is 0 Å². The summed E-state index contributed by atoms with van der Waals surface area (Å²) in [5.41, 5.74) is 1.88. The third-order valence-corrected chi connectivity index (χ3v) is 2.97. The number of aromatic amines is 1. The molecule has 6 nitrogen and oxygen atoms in total. The van der Waals surface area contributed by atoms with Crippen molar-refractivity contribution in [1.82, 2.24) is 25.7 Å². The molecule has 3 aromatic rings. The van der Waals surface area contributed by atoms with Crippen LogP contribution in [0.2, 0.25) is 0 Å². The van der Waals surface area contributed by atoms with E-state index < -0.39 is 0 Å². The van der Waals surface area contributed by atoms with Gasteiger partial charge in [0.1, 0.15) is 6.04 Å². The summed E-state index contributed by atoms with van der Waals surface area (Å²) in [4.78, 5) is 0. The van der Waals surface area contributed by atoms with E-state index in [2.05, 4.69) is 25.7 Å². The van der Waals surface area contributed by atoms with Gasteiger partial charge in [0, 0.05) is 6.20 Å². The van der Waals surface area contributed by atoms with Crippen LogP contribution in [0.25, 0.3) is 11.5 Å². The van der Waals surface area contributed by atoms with Crippen molar-refractivity contribution in [1.29, 1.82) is 0 Å². The second-order valence-corrected chi connectivity index (χ2v) is 4.33. The average molecular weight is 269 g/mol. The predicted molar refractivity (Wildman–Crippen MR) is 73.8 cm³/mol. The Hall–Kier alpha value is -2.47. The Morgan fingerprint density at radius 2 is 2.10 bits per heavy atom. The molecule has 102 valence electrons. The summed E-state index contributed by atoms with van der Waals surface area (Å²) in [5.74, 6) is 1.02. The van der Waals surface area contributed by atoms with Gasteiger partial charge in [-0.25, -0.2) is 0 Å². The van der Waals surface area contributed by atoms with E-state index in [4.69, 9.17) is 4.42 Å². The number of rotatable bonds is 5. The van der Waals surface area contributed by atoms with Crippen LogP contribution >= 0.6 is 0 Å². The SMILES string of the molecule is CCNC(c1ccccc1)c1nnc(-c2cn[nH]c2)o1. The molecule has 0 fully saturated rings. The minimum Gasteiger partial charge on any atom is -0.418 e. The van der Waals surface area contributed by atoms with Gasteiger partial charge < -0.3 is 9.73 Å². The maximum absolute atomic E-state index is 5.75. The van der Waals surface area contributed by atoms with E-state index in [0.29, 0.717) is 11.8 Å². The number of H-pyrrole nitrogens is 1. The van der Waals surface area contributed by atoms with Crippen molar-refractivity contribution in [3.05, 3.63) is 54.2 Å². The molecule has 0 aliphatic carbocycles. The molecule has 0 saturated heterocycles. The fourth-order valence-electron chi connectivity index (χ4n) is 2.03. The molecule has 2 aromatic heterocycles. The Morgan fingerprint density at radius 3 is 2.80 bits per heavy atom. The highest BCUT2D eigenvalue weighted by Gasteiger charge is 2.20. The van der Waals surface area contributed by atoms with Gasteiger partial charge in [-0.2, -0.15) is 5.10 Å². The minimum atomic E-state index is -0.102. The lowest BCUT2D eigenvalue weighted by atomic mass is 10.1. The molecular weight excluding hydrogens is 254 g/mol. The summed E-state index contributed by atoms with van der Waals surface area (Å²) in [6.07, 6.45) is 3.38. The number of hydrogen-bond donors (Lipinski definition) is 2. The van der Waals surface area contributed by atoms with Gasteiger partial charge in [0.15, 0.2) is 0 Å². The Kier molecular flexibility index (Phi) is 3.56. The van der Waals surface area contributed by atoms with Gasteiger partial charge in [-0.05, 0) is 12.1 Å². The summed E-state index contributed by atoms with van der Waals surface area (Å²) >= 11 is 0. The molecule has 0 radical (unpaired) electrons. The number of aromatic nitrogens is 4. The first-order valence-electron chi connectivity index (χ1n) is 6.49. The van der Waals surface area contributed by atoms with E-state index >= 15 is 0 Å². The zero-order valence-corrected chi connectivity index (χ0v) is 11.1. The fraction of sp³-hybridized carbons (Fsp3) is 0.214. The van der Waals surface area contributed by atoms with Gasteiger partial charge in [-0.15, -0.1) is 10.2 Å². The largest absolute Gasteiger partial charge is 0.418 e. The van der Waals surface area contributed by atoms with Crippen LogP contribution in [0.5, 0.6) is 0 Å². The Balaban J connectivity index is 1.92. The summed E-state index contributed by atoms with van der Waals surface area (Å²) in [6, 6.07) is 9.94. The Labute approximate surface area is 116 Å². The number of hydrogen-bond acceptors (Lipinski definition) is 5. The lowest BCUT2D eigenvalue weighted by molar-refractivity contribution is 0.444. The van der Waals surface area contributed by atoms with Crippen LogP contribution in [-0.2, 0) is 0 Å². The topological polar surface area (TPSA) is 79.6 Å². The molecule has 1 aromatic carbocycles. The zero-order chi connectivity index (χ0) is 13.8. The highest BCUT2D eigenvalue weighted by Crippen LogP contribution is 2.24. The minimum absolute atomic E-state index is 0.102. The molecule has 6 heteroatoms. The molecular formula is C14H15N5O. The molecule has 2 N–H and O–H groups in total. The fourth-order valence-corrected chi connectivity index (χ4v) is 2.03. The standard InChI is InChI=1S/C14H15N5O/c1-2-15-12(10-6-4-3-5-7-10)14-19-18-13(20-14)11-8-16-17-9-11/h3-9,12,15H,2H2,1H3,(H,16,17). The van der Waals surface area contributed by atoms with E-state index in [0.717, 1.165) is 17.7 Å². The first-order chi connectivity index (χ1) is 9.88. The quantitative estimate of drug-likeness (QED) is 0.742. The first kappa shape index (κ1) is 12.6. The van der Waals surface area contributed by atoms with E-state index in [1.165, 1.54) is 0 Å². The molecule has 2 heterocycles. The van der Waals surface area contributed by atoms with Crippen LogP contribution in [0.15, 0.2) is 47.1 Å². The van der Waals surface area contributed by atoms with Gasteiger partial charge in [-0.1, -0.05) is 37.3 Å². The third kappa shape index (κ3) is 2.46. The van der Waals surface area contributed by atoms with Crippen LogP contribution in [-0.4, -0.2) is 26.9 Å². The molecule has 0 aliphatic rings.